The Kier molecular flexibility index (Phi) is 15.9. The lowest BCUT2D eigenvalue weighted by Gasteiger charge is -2.32. The van der Waals surface area contributed by atoms with Gasteiger partial charge in [0, 0.05) is 0 Å². The third-order valence-electron chi connectivity index (χ3n) is 3.69. The molecule has 18 heavy (non-hydrogen) atoms. The molecule has 0 aromatic heterocycles. The van der Waals surface area contributed by atoms with Gasteiger partial charge in [0.25, 0.3) is 0 Å². The molecule has 0 rings (SSSR count). The van der Waals surface area contributed by atoms with Crippen LogP contribution < -0.4 is 17.0 Å². The molecule has 1 unspecified atom stereocenters. The van der Waals surface area contributed by atoms with Crippen molar-refractivity contribution in [1.82, 2.24) is 0 Å². The fourth-order valence-electron chi connectivity index (χ4n) is 2.27. The molecular formula is C15H34BrNO. The van der Waals surface area contributed by atoms with Crippen LogP contribution >= 0.6 is 0 Å². The van der Waals surface area contributed by atoms with E-state index in [1.54, 1.807) is 0 Å². The number of unbranched alkanes of at least 4 members (excludes halogenated alkanes) is 7. The van der Waals surface area contributed by atoms with Crippen molar-refractivity contribution >= 4 is 0 Å². The van der Waals surface area contributed by atoms with Gasteiger partial charge in [-0.3, -0.25) is 0 Å². The van der Waals surface area contributed by atoms with E-state index in [0.717, 1.165) is 17.6 Å². The highest BCUT2D eigenvalue weighted by molar-refractivity contribution is 4.45. The lowest BCUT2D eigenvalue weighted by atomic mass is 10.1. The van der Waals surface area contributed by atoms with Gasteiger partial charge in [-0.05, 0) is 25.7 Å². The molecule has 0 amide bonds. The van der Waals surface area contributed by atoms with Crippen molar-refractivity contribution in [3.63, 3.8) is 0 Å². The third-order valence-corrected chi connectivity index (χ3v) is 3.69. The van der Waals surface area contributed by atoms with Crippen molar-refractivity contribution in [3.05, 3.63) is 0 Å². The van der Waals surface area contributed by atoms with E-state index in [1.165, 1.54) is 57.8 Å². The third kappa shape index (κ3) is 11.5. The van der Waals surface area contributed by atoms with Gasteiger partial charge in [-0.15, -0.1) is 0 Å². The molecule has 0 saturated carbocycles. The predicted octanol–water partition coefficient (Wildman–Crippen LogP) is 0.938. The highest BCUT2D eigenvalue weighted by Gasteiger charge is 2.18. The Hall–Kier alpha value is 0.400. The molecule has 112 valence electrons. The zero-order valence-corrected chi connectivity index (χ0v) is 14.3. The molecule has 0 bridgehead atoms. The Morgan fingerprint density at radius 3 is 1.61 bits per heavy atom. The molecule has 3 heteroatoms. The molecule has 0 aromatic rings. The lowest BCUT2D eigenvalue weighted by Crippen LogP contribution is -3.00. The van der Waals surface area contributed by atoms with Crippen LogP contribution in [0, 0.1) is 0 Å². The Morgan fingerprint density at radius 1 is 0.722 bits per heavy atom. The zero-order chi connectivity index (χ0) is 13.0. The van der Waals surface area contributed by atoms with Crippen LogP contribution in [0.25, 0.3) is 0 Å². The SMILES string of the molecule is CCCCCCCC[N+](C)(CO)CCCCC.[Br-]. The van der Waals surface area contributed by atoms with Crippen LogP contribution in [0.3, 0.4) is 0 Å². The topological polar surface area (TPSA) is 20.2 Å². The highest BCUT2D eigenvalue weighted by atomic mass is 79.9. The quantitative estimate of drug-likeness (QED) is 0.322. The van der Waals surface area contributed by atoms with Crippen molar-refractivity contribution in [2.45, 2.75) is 71.6 Å². The number of aliphatic hydroxyl groups excluding tert-OH is 1. The predicted molar refractivity (Wildman–Crippen MR) is 75.9 cm³/mol. The van der Waals surface area contributed by atoms with Gasteiger partial charge in [0.2, 0.25) is 0 Å². The monoisotopic (exact) mass is 323 g/mol. The van der Waals surface area contributed by atoms with Crippen LogP contribution in [0.5, 0.6) is 0 Å². The summed E-state index contributed by atoms with van der Waals surface area (Å²) in [5.41, 5.74) is 0. The van der Waals surface area contributed by atoms with Gasteiger partial charge in [-0.1, -0.05) is 46.0 Å². The molecule has 2 nitrogen and oxygen atoms in total. The van der Waals surface area contributed by atoms with Crippen molar-refractivity contribution in [3.8, 4) is 0 Å². The van der Waals surface area contributed by atoms with Gasteiger partial charge in [0.1, 0.15) is 0 Å². The molecule has 0 fully saturated rings. The first-order valence-electron chi connectivity index (χ1n) is 7.63. The van der Waals surface area contributed by atoms with E-state index in [-0.39, 0.29) is 17.0 Å². The summed E-state index contributed by atoms with van der Waals surface area (Å²) in [5.74, 6) is 0. The van der Waals surface area contributed by atoms with Gasteiger partial charge < -0.3 is 26.6 Å². The summed E-state index contributed by atoms with van der Waals surface area (Å²) >= 11 is 0. The number of halogens is 1. The normalized spacial score (nSPS) is 14.0. The van der Waals surface area contributed by atoms with Gasteiger partial charge in [-0.25, -0.2) is 0 Å². The number of rotatable bonds is 12. The van der Waals surface area contributed by atoms with Gasteiger partial charge in [0.15, 0.2) is 6.73 Å². The molecule has 0 spiro atoms. The summed E-state index contributed by atoms with van der Waals surface area (Å²) in [6.07, 6.45) is 11.9. The molecule has 0 aliphatic heterocycles. The summed E-state index contributed by atoms with van der Waals surface area (Å²) in [6.45, 7) is 7.08. The average Bonchev–Trinajstić information content (AvgIpc) is 2.34. The zero-order valence-electron chi connectivity index (χ0n) is 12.8. The Bertz CT molecular complexity index is 167. The minimum Gasteiger partial charge on any atom is -1.00 e. The number of quaternary nitrogens is 1. The maximum atomic E-state index is 9.50. The first-order chi connectivity index (χ1) is 8.18. The summed E-state index contributed by atoms with van der Waals surface area (Å²) in [5, 5.41) is 9.50. The van der Waals surface area contributed by atoms with E-state index >= 15 is 0 Å². The maximum absolute atomic E-state index is 9.50. The van der Waals surface area contributed by atoms with E-state index in [4.69, 9.17) is 0 Å². The van der Waals surface area contributed by atoms with Crippen LogP contribution in [0.2, 0.25) is 0 Å². The molecule has 0 saturated heterocycles. The van der Waals surface area contributed by atoms with Gasteiger partial charge in [-0.2, -0.15) is 0 Å². The summed E-state index contributed by atoms with van der Waals surface area (Å²) in [4.78, 5) is 0. The Balaban J connectivity index is 0. The van der Waals surface area contributed by atoms with E-state index < -0.39 is 0 Å². The lowest BCUT2D eigenvalue weighted by molar-refractivity contribution is -0.927. The van der Waals surface area contributed by atoms with Crippen molar-refractivity contribution in [2.75, 3.05) is 26.9 Å². The summed E-state index contributed by atoms with van der Waals surface area (Å²) < 4.78 is 0.855. The minimum absolute atomic E-state index is 0. The maximum Gasteiger partial charge on any atom is 0.180 e. The van der Waals surface area contributed by atoms with Gasteiger partial charge >= 0.3 is 0 Å². The van der Waals surface area contributed by atoms with Crippen LogP contribution in [-0.2, 0) is 0 Å². The first kappa shape index (κ1) is 20.7. The molecule has 0 aliphatic carbocycles. The standard InChI is InChI=1S/C15H34NO.BrH/c1-4-6-8-9-10-12-14-16(3,15-17)13-11-7-5-2;/h17H,4-15H2,1-3H3;1H/q+1;/p-1. The van der Waals surface area contributed by atoms with Crippen LogP contribution in [-0.4, -0.2) is 36.5 Å². The van der Waals surface area contributed by atoms with E-state index in [0.29, 0.717) is 6.73 Å². The van der Waals surface area contributed by atoms with E-state index in [9.17, 15) is 5.11 Å². The highest BCUT2D eigenvalue weighted by Crippen LogP contribution is 2.11. The average molecular weight is 324 g/mol. The minimum atomic E-state index is 0. The molecular weight excluding hydrogens is 290 g/mol. The second-order valence-electron chi connectivity index (χ2n) is 5.68. The number of nitrogens with zero attached hydrogens (tertiary/aromatic N) is 1. The largest absolute Gasteiger partial charge is 1.00 e. The second-order valence-corrected chi connectivity index (χ2v) is 5.68. The van der Waals surface area contributed by atoms with Crippen LogP contribution in [0.4, 0.5) is 0 Å². The molecule has 1 atom stereocenters. The van der Waals surface area contributed by atoms with Gasteiger partial charge in [0.05, 0.1) is 20.1 Å². The number of hydrogen-bond donors (Lipinski definition) is 1. The molecule has 0 aromatic carbocycles. The van der Waals surface area contributed by atoms with Crippen molar-refractivity contribution < 1.29 is 26.6 Å². The van der Waals surface area contributed by atoms with Crippen LogP contribution in [0.1, 0.15) is 71.6 Å². The summed E-state index contributed by atoms with van der Waals surface area (Å²) in [6, 6.07) is 0. The second kappa shape index (κ2) is 13.8. The molecule has 0 heterocycles. The smallest absolute Gasteiger partial charge is 0.180 e. The number of aliphatic hydroxyl groups is 1. The summed E-state index contributed by atoms with van der Waals surface area (Å²) in [7, 11) is 2.20. The van der Waals surface area contributed by atoms with E-state index in [1.807, 2.05) is 0 Å². The van der Waals surface area contributed by atoms with Crippen molar-refractivity contribution in [2.24, 2.45) is 0 Å². The fourth-order valence-corrected chi connectivity index (χ4v) is 2.27. The molecule has 0 radical (unpaired) electrons. The molecule has 0 aliphatic rings. The number of hydrogen-bond acceptors (Lipinski definition) is 1. The Labute approximate surface area is 125 Å². The van der Waals surface area contributed by atoms with Crippen molar-refractivity contribution in [1.29, 1.82) is 0 Å². The Morgan fingerprint density at radius 2 is 1.11 bits per heavy atom. The van der Waals surface area contributed by atoms with E-state index in [2.05, 4.69) is 20.9 Å². The molecule has 1 N–H and O–H groups in total. The first-order valence-corrected chi connectivity index (χ1v) is 7.63. The van der Waals surface area contributed by atoms with Crippen LogP contribution in [0.15, 0.2) is 0 Å². The fraction of sp³-hybridized carbons (Fsp3) is 1.00.